The van der Waals surface area contributed by atoms with Crippen molar-refractivity contribution in [3.63, 3.8) is 0 Å². The van der Waals surface area contributed by atoms with E-state index in [4.69, 9.17) is 13.8 Å². The van der Waals surface area contributed by atoms with Crippen molar-refractivity contribution >= 4 is 5.91 Å². The molecule has 0 radical (unpaired) electrons. The van der Waals surface area contributed by atoms with Crippen LogP contribution in [-0.4, -0.2) is 34.4 Å². The number of carbonyl (C=O) groups is 1. The molecule has 3 heterocycles. The number of rotatable bonds is 7. The highest BCUT2D eigenvalue weighted by Gasteiger charge is 2.23. The number of hydrogen-bond donors (Lipinski definition) is 1. The fourth-order valence-electron chi connectivity index (χ4n) is 2.57. The van der Waals surface area contributed by atoms with Crippen molar-refractivity contribution in [2.75, 3.05) is 13.2 Å². The second-order valence-electron chi connectivity index (χ2n) is 6.33. The molecule has 1 atom stereocenters. The summed E-state index contributed by atoms with van der Waals surface area (Å²) in [5.41, 5.74) is 0.291. The molecule has 1 amide bonds. The van der Waals surface area contributed by atoms with E-state index in [1.54, 1.807) is 6.07 Å². The van der Waals surface area contributed by atoms with Crippen LogP contribution in [0.5, 0.6) is 0 Å². The third kappa shape index (κ3) is 4.19. The third-order valence-corrected chi connectivity index (χ3v) is 3.72. The van der Waals surface area contributed by atoms with Crippen LogP contribution < -0.4 is 5.32 Å². The summed E-state index contributed by atoms with van der Waals surface area (Å²) in [7, 11) is 0. The quantitative estimate of drug-likeness (QED) is 0.826. The number of hydrogen-bond acceptors (Lipinski definition) is 7. The summed E-state index contributed by atoms with van der Waals surface area (Å²) in [5, 5.41) is 10.5. The van der Waals surface area contributed by atoms with Gasteiger partial charge in [0.15, 0.2) is 11.5 Å². The smallest absolute Gasteiger partial charge is 0.273 e. The van der Waals surface area contributed by atoms with Gasteiger partial charge in [0, 0.05) is 32.1 Å². The fraction of sp³-hybridized carbons (Fsp3) is 0.625. The van der Waals surface area contributed by atoms with Gasteiger partial charge in [0.05, 0.1) is 0 Å². The minimum atomic E-state index is -0.267. The van der Waals surface area contributed by atoms with Gasteiger partial charge >= 0.3 is 0 Å². The van der Waals surface area contributed by atoms with E-state index in [0.717, 1.165) is 31.6 Å². The summed E-state index contributed by atoms with van der Waals surface area (Å²) in [5.74, 6) is 1.97. The topological polar surface area (TPSA) is 103 Å². The molecule has 1 aliphatic heterocycles. The van der Waals surface area contributed by atoms with Crippen LogP contribution in [0.3, 0.4) is 0 Å². The van der Waals surface area contributed by atoms with Crippen LogP contribution in [0.4, 0.5) is 0 Å². The van der Waals surface area contributed by atoms with Crippen LogP contribution in [0.1, 0.15) is 60.8 Å². The highest BCUT2D eigenvalue weighted by atomic mass is 16.5. The van der Waals surface area contributed by atoms with Gasteiger partial charge in [0.2, 0.25) is 0 Å². The lowest BCUT2D eigenvalue weighted by Gasteiger charge is -2.01. The Morgan fingerprint density at radius 3 is 3.00 bits per heavy atom. The summed E-state index contributed by atoms with van der Waals surface area (Å²) < 4.78 is 15.9. The number of ether oxygens (including phenoxy) is 1. The van der Waals surface area contributed by atoms with E-state index in [9.17, 15) is 4.79 Å². The first kappa shape index (κ1) is 16.6. The first-order valence-electron chi connectivity index (χ1n) is 8.29. The second-order valence-corrected chi connectivity index (χ2v) is 6.33. The fourth-order valence-corrected chi connectivity index (χ4v) is 2.57. The minimum Gasteiger partial charge on any atom is -0.368 e. The molecule has 130 valence electrons. The second kappa shape index (κ2) is 7.57. The molecular formula is C16H22N4O4. The van der Waals surface area contributed by atoms with Crippen LogP contribution in [0.25, 0.3) is 0 Å². The Kier molecular flexibility index (Phi) is 5.24. The zero-order chi connectivity index (χ0) is 16.9. The summed E-state index contributed by atoms with van der Waals surface area (Å²) in [6.45, 7) is 5.29. The molecule has 24 heavy (non-hydrogen) atoms. The maximum Gasteiger partial charge on any atom is 0.273 e. The molecule has 1 fully saturated rings. The summed E-state index contributed by atoms with van der Waals surface area (Å²) >= 11 is 0. The predicted molar refractivity (Wildman–Crippen MR) is 83.3 cm³/mol. The lowest BCUT2D eigenvalue weighted by atomic mass is 10.1. The Bertz CT molecular complexity index is 673. The Morgan fingerprint density at radius 1 is 1.38 bits per heavy atom. The average Bonchev–Trinajstić information content (AvgIpc) is 3.27. The molecule has 2 aromatic rings. The molecule has 0 aliphatic carbocycles. The van der Waals surface area contributed by atoms with Crippen molar-refractivity contribution in [3.05, 3.63) is 29.2 Å². The van der Waals surface area contributed by atoms with Crippen LogP contribution >= 0.6 is 0 Å². The number of carbonyl (C=O) groups excluding carboxylic acids is 1. The molecule has 1 N–H and O–H groups in total. The first-order chi connectivity index (χ1) is 11.6. The van der Waals surface area contributed by atoms with E-state index in [0.29, 0.717) is 36.3 Å². The van der Waals surface area contributed by atoms with Gasteiger partial charge in [-0.25, -0.2) is 0 Å². The molecule has 0 unspecified atom stereocenters. The van der Waals surface area contributed by atoms with Crippen molar-refractivity contribution in [1.82, 2.24) is 20.6 Å². The number of nitrogens with one attached hydrogen (secondary N) is 1. The zero-order valence-corrected chi connectivity index (χ0v) is 13.9. The van der Waals surface area contributed by atoms with Crippen LogP contribution in [-0.2, 0) is 17.6 Å². The number of aromatic nitrogens is 3. The van der Waals surface area contributed by atoms with E-state index in [2.05, 4.69) is 34.5 Å². The van der Waals surface area contributed by atoms with Gasteiger partial charge in [0.1, 0.15) is 11.9 Å². The lowest BCUT2D eigenvalue weighted by Crippen LogP contribution is -2.26. The Hall–Kier alpha value is -2.22. The van der Waals surface area contributed by atoms with Gasteiger partial charge in [-0.15, -0.1) is 0 Å². The van der Waals surface area contributed by atoms with Crippen LogP contribution in [0.2, 0.25) is 0 Å². The molecule has 2 aromatic heterocycles. The summed E-state index contributed by atoms with van der Waals surface area (Å²) in [4.78, 5) is 16.3. The van der Waals surface area contributed by atoms with Crippen molar-refractivity contribution < 1.29 is 18.6 Å². The lowest BCUT2D eigenvalue weighted by molar-refractivity contribution is 0.0835. The average molecular weight is 334 g/mol. The maximum atomic E-state index is 12.0. The monoisotopic (exact) mass is 334 g/mol. The molecule has 3 rings (SSSR count). The number of nitrogens with zero attached hydrogens (tertiary/aromatic N) is 3. The van der Waals surface area contributed by atoms with Gasteiger partial charge < -0.3 is 19.1 Å². The Labute approximate surface area is 139 Å². The molecule has 0 spiro atoms. The molecule has 8 nitrogen and oxygen atoms in total. The minimum absolute atomic E-state index is 0.0876. The van der Waals surface area contributed by atoms with E-state index in [1.807, 2.05) is 0 Å². The third-order valence-electron chi connectivity index (χ3n) is 3.72. The van der Waals surface area contributed by atoms with Gasteiger partial charge in [-0.1, -0.05) is 24.2 Å². The molecule has 8 heteroatoms. The van der Waals surface area contributed by atoms with Crippen molar-refractivity contribution in [1.29, 1.82) is 0 Å². The van der Waals surface area contributed by atoms with E-state index < -0.39 is 0 Å². The zero-order valence-electron chi connectivity index (χ0n) is 13.9. The van der Waals surface area contributed by atoms with Crippen LogP contribution in [0.15, 0.2) is 15.1 Å². The summed E-state index contributed by atoms with van der Waals surface area (Å²) in [6.07, 6.45) is 3.07. The first-order valence-corrected chi connectivity index (χ1v) is 8.29. The van der Waals surface area contributed by atoms with E-state index >= 15 is 0 Å². The normalized spacial score (nSPS) is 17.5. The molecule has 0 bridgehead atoms. The molecule has 1 saturated heterocycles. The maximum absolute atomic E-state index is 12.0. The van der Waals surface area contributed by atoms with Crippen LogP contribution in [0, 0.1) is 5.92 Å². The van der Waals surface area contributed by atoms with Gasteiger partial charge in [-0.05, 0) is 18.8 Å². The Morgan fingerprint density at radius 2 is 2.25 bits per heavy atom. The van der Waals surface area contributed by atoms with Crippen molar-refractivity contribution in [2.24, 2.45) is 5.92 Å². The standard InChI is InChI=1S/C16H22N4O4/c1-10(2)8-11-9-12(19-23-11)15(21)17-6-5-14-18-16(24-20-14)13-4-3-7-22-13/h9-10,13H,3-8H2,1-2H3,(H,17,21)/t13-/m1/s1. The van der Waals surface area contributed by atoms with E-state index in [1.165, 1.54) is 0 Å². The molecular weight excluding hydrogens is 312 g/mol. The SMILES string of the molecule is CC(C)Cc1cc(C(=O)NCCc2noc([C@H]3CCCO3)n2)no1. The summed E-state index contributed by atoms with van der Waals surface area (Å²) in [6, 6.07) is 1.68. The molecule has 1 aliphatic rings. The van der Waals surface area contributed by atoms with Gasteiger partial charge in [-0.2, -0.15) is 4.98 Å². The number of amides is 1. The van der Waals surface area contributed by atoms with Gasteiger partial charge in [-0.3, -0.25) is 4.79 Å². The predicted octanol–water partition coefficient (Wildman–Crippen LogP) is 2.08. The molecule has 0 saturated carbocycles. The molecule has 0 aromatic carbocycles. The largest absolute Gasteiger partial charge is 0.368 e. The highest BCUT2D eigenvalue weighted by Crippen LogP contribution is 2.26. The van der Waals surface area contributed by atoms with Crippen molar-refractivity contribution in [3.8, 4) is 0 Å². The Balaban J connectivity index is 1.45. The van der Waals surface area contributed by atoms with Gasteiger partial charge in [0.25, 0.3) is 11.8 Å². The van der Waals surface area contributed by atoms with Crippen molar-refractivity contribution in [2.45, 2.75) is 45.6 Å². The highest BCUT2D eigenvalue weighted by molar-refractivity contribution is 5.92. The van der Waals surface area contributed by atoms with E-state index in [-0.39, 0.29) is 12.0 Å².